The Bertz CT molecular complexity index is 593. The van der Waals surface area contributed by atoms with Gasteiger partial charge in [-0.05, 0) is 24.1 Å². The van der Waals surface area contributed by atoms with Crippen molar-refractivity contribution >= 4 is 41.0 Å². The van der Waals surface area contributed by atoms with E-state index in [1.165, 1.54) is 18.2 Å². The van der Waals surface area contributed by atoms with Crippen LogP contribution in [0.5, 0.6) is 0 Å². The molecule has 0 saturated heterocycles. The fourth-order valence-corrected chi connectivity index (χ4v) is 2.00. The van der Waals surface area contributed by atoms with Crippen molar-refractivity contribution in [1.82, 2.24) is 16.2 Å². The van der Waals surface area contributed by atoms with Crippen LogP contribution in [0.3, 0.4) is 0 Å². The van der Waals surface area contributed by atoms with E-state index >= 15 is 0 Å². The summed E-state index contributed by atoms with van der Waals surface area (Å²) in [6.45, 7) is 3.44. The smallest absolute Gasteiger partial charge is 0.312 e. The number of benzene rings is 1. The number of carbonyl (C=O) groups is 3. The second-order valence-electron chi connectivity index (χ2n) is 4.80. The minimum absolute atomic E-state index is 0.110. The van der Waals surface area contributed by atoms with Crippen molar-refractivity contribution in [2.45, 2.75) is 19.9 Å². The van der Waals surface area contributed by atoms with E-state index in [1.54, 1.807) is 13.8 Å². The Morgan fingerprint density at radius 2 is 1.77 bits per heavy atom. The molecule has 0 bridgehead atoms. The van der Waals surface area contributed by atoms with Crippen molar-refractivity contribution in [1.29, 1.82) is 0 Å². The molecule has 0 aliphatic rings. The van der Waals surface area contributed by atoms with E-state index in [1.807, 2.05) is 0 Å². The summed E-state index contributed by atoms with van der Waals surface area (Å²) in [6, 6.07) is 2.65. The molecule has 0 saturated carbocycles. The Balaban J connectivity index is 2.71. The van der Waals surface area contributed by atoms with Crippen LogP contribution in [0, 0.1) is 5.92 Å². The van der Waals surface area contributed by atoms with Gasteiger partial charge < -0.3 is 11.1 Å². The Kier molecular flexibility index (Phi) is 6.45. The normalized spacial score (nSPS) is 11.7. The highest BCUT2D eigenvalue weighted by Gasteiger charge is 2.24. The second kappa shape index (κ2) is 7.86. The molecule has 0 heterocycles. The van der Waals surface area contributed by atoms with Gasteiger partial charge in [0.1, 0.15) is 6.04 Å². The molecule has 1 aromatic carbocycles. The molecule has 1 atom stereocenters. The summed E-state index contributed by atoms with van der Waals surface area (Å²) in [5, 5.41) is 2.81. The van der Waals surface area contributed by atoms with E-state index in [0.717, 1.165) is 0 Å². The first kappa shape index (κ1) is 18.1. The summed E-state index contributed by atoms with van der Waals surface area (Å²) in [5.41, 5.74) is 9.52. The topological polar surface area (TPSA) is 113 Å². The number of halogens is 2. The predicted molar refractivity (Wildman–Crippen MR) is 83.4 cm³/mol. The molecule has 5 N–H and O–H groups in total. The predicted octanol–water partition coefficient (Wildman–Crippen LogP) is 1.45. The summed E-state index contributed by atoms with van der Waals surface area (Å²) < 4.78 is 0. The number of nitrogens with two attached hydrogens (primary N) is 1. The van der Waals surface area contributed by atoms with Gasteiger partial charge in [0.2, 0.25) is 0 Å². The highest BCUT2D eigenvalue weighted by molar-refractivity contribution is 6.35. The molecule has 9 heteroatoms. The summed E-state index contributed by atoms with van der Waals surface area (Å²) in [6.07, 6.45) is 0. The number of urea groups is 1. The zero-order valence-electron chi connectivity index (χ0n) is 11.9. The molecule has 0 aliphatic carbocycles. The van der Waals surface area contributed by atoms with Crippen molar-refractivity contribution in [2.24, 2.45) is 11.7 Å². The molecular formula is C13H16Cl2N4O3. The van der Waals surface area contributed by atoms with Gasteiger partial charge in [-0.2, -0.15) is 0 Å². The molecule has 120 valence electrons. The Hall–Kier alpha value is -1.99. The van der Waals surface area contributed by atoms with Gasteiger partial charge in [-0.1, -0.05) is 37.0 Å². The maximum Gasteiger partial charge on any atom is 0.312 e. The van der Waals surface area contributed by atoms with Crippen LogP contribution in [0.4, 0.5) is 4.79 Å². The van der Waals surface area contributed by atoms with Gasteiger partial charge in [0.15, 0.2) is 0 Å². The molecule has 0 aliphatic heterocycles. The van der Waals surface area contributed by atoms with E-state index in [9.17, 15) is 14.4 Å². The summed E-state index contributed by atoms with van der Waals surface area (Å²) in [5.74, 6) is -1.47. The van der Waals surface area contributed by atoms with Crippen molar-refractivity contribution in [3.05, 3.63) is 33.8 Å². The molecular weight excluding hydrogens is 331 g/mol. The third-order valence-electron chi connectivity index (χ3n) is 2.72. The number of amides is 4. The number of carbonyl (C=O) groups excluding carboxylic acids is 3. The molecule has 0 aromatic heterocycles. The fraction of sp³-hybridized carbons (Fsp3) is 0.308. The molecule has 7 nitrogen and oxygen atoms in total. The van der Waals surface area contributed by atoms with Gasteiger partial charge in [0.25, 0.3) is 11.8 Å². The first-order valence-electron chi connectivity index (χ1n) is 6.33. The van der Waals surface area contributed by atoms with Gasteiger partial charge in [-0.15, -0.1) is 0 Å². The van der Waals surface area contributed by atoms with Crippen LogP contribution in [0.25, 0.3) is 0 Å². The van der Waals surface area contributed by atoms with Crippen LogP contribution < -0.4 is 21.9 Å². The van der Waals surface area contributed by atoms with Gasteiger partial charge in [-0.3, -0.25) is 20.4 Å². The molecule has 1 aromatic rings. The molecule has 0 radical (unpaired) electrons. The average molecular weight is 347 g/mol. The monoisotopic (exact) mass is 346 g/mol. The third kappa shape index (κ3) is 5.09. The van der Waals surface area contributed by atoms with Crippen LogP contribution in [0.15, 0.2) is 18.2 Å². The number of primary amides is 1. The minimum Gasteiger partial charge on any atom is -0.352 e. The SMILES string of the molecule is CC(C)C(NC(N)=O)C(=O)NNC(=O)c1cc(Cl)ccc1Cl. The lowest BCUT2D eigenvalue weighted by Crippen LogP contribution is -2.55. The van der Waals surface area contributed by atoms with Crippen LogP contribution in [0.2, 0.25) is 10.0 Å². The fourth-order valence-electron chi connectivity index (χ4n) is 1.62. The van der Waals surface area contributed by atoms with E-state index < -0.39 is 23.9 Å². The van der Waals surface area contributed by atoms with Gasteiger partial charge in [0, 0.05) is 5.02 Å². The van der Waals surface area contributed by atoms with Crippen molar-refractivity contribution < 1.29 is 14.4 Å². The van der Waals surface area contributed by atoms with Crippen molar-refractivity contribution in [3.63, 3.8) is 0 Å². The highest BCUT2D eigenvalue weighted by atomic mass is 35.5. The number of hydrogen-bond acceptors (Lipinski definition) is 3. The van der Waals surface area contributed by atoms with Crippen LogP contribution in [-0.2, 0) is 4.79 Å². The Labute approximate surface area is 137 Å². The number of hydrazine groups is 1. The van der Waals surface area contributed by atoms with Crippen LogP contribution >= 0.6 is 23.2 Å². The molecule has 22 heavy (non-hydrogen) atoms. The van der Waals surface area contributed by atoms with Gasteiger partial charge >= 0.3 is 6.03 Å². The Morgan fingerprint density at radius 1 is 1.14 bits per heavy atom. The van der Waals surface area contributed by atoms with E-state index in [-0.39, 0.29) is 16.5 Å². The summed E-state index contributed by atoms with van der Waals surface area (Å²) >= 11 is 11.7. The van der Waals surface area contributed by atoms with Crippen LogP contribution in [-0.4, -0.2) is 23.9 Å². The molecule has 1 unspecified atom stereocenters. The molecule has 4 amide bonds. The number of hydrogen-bond donors (Lipinski definition) is 4. The zero-order valence-corrected chi connectivity index (χ0v) is 13.5. The zero-order chi connectivity index (χ0) is 16.9. The van der Waals surface area contributed by atoms with Gasteiger partial charge in [-0.25, -0.2) is 4.79 Å². The third-order valence-corrected chi connectivity index (χ3v) is 3.28. The highest BCUT2D eigenvalue weighted by Crippen LogP contribution is 2.20. The lowest BCUT2D eigenvalue weighted by molar-refractivity contribution is -0.124. The molecule has 1 rings (SSSR count). The first-order chi connectivity index (χ1) is 10.2. The van der Waals surface area contributed by atoms with Crippen molar-refractivity contribution in [2.75, 3.05) is 0 Å². The quantitative estimate of drug-likeness (QED) is 0.618. The number of rotatable bonds is 4. The van der Waals surface area contributed by atoms with E-state index in [0.29, 0.717) is 5.02 Å². The van der Waals surface area contributed by atoms with E-state index in [2.05, 4.69) is 16.2 Å². The summed E-state index contributed by atoms with van der Waals surface area (Å²) in [4.78, 5) is 34.8. The summed E-state index contributed by atoms with van der Waals surface area (Å²) in [7, 11) is 0. The van der Waals surface area contributed by atoms with Gasteiger partial charge in [0.05, 0.1) is 10.6 Å². The lowest BCUT2D eigenvalue weighted by atomic mass is 10.0. The first-order valence-corrected chi connectivity index (χ1v) is 7.09. The lowest BCUT2D eigenvalue weighted by Gasteiger charge is -2.20. The maximum absolute atomic E-state index is 12.0. The van der Waals surface area contributed by atoms with Crippen LogP contribution in [0.1, 0.15) is 24.2 Å². The number of nitrogens with one attached hydrogen (secondary N) is 3. The average Bonchev–Trinajstić information content (AvgIpc) is 2.43. The molecule has 0 spiro atoms. The largest absolute Gasteiger partial charge is 0.352 e. The standard InChI is InChI=1S/C13H16Cl2N4O3/c1-6(2)10(17-13(16)22)12(21)19-18-11(20)8-5-7(14)3-4-9(8)15/h3-6,10H,1-2H3,(H,18,20)(H,19,21)(H3,16,17,22). The second-order valence-corrected chi connectivity index (χ2v) is 5.64. The minimum atomic E-state index is -0.882. The molecule has 0 fully saturated rings. The Morgan fingerprint density at radius 3 is 2.32 bits per heavy atom. The maximum atomic E-state index is 12.0. The van der Waals surface area contributed by atoms with E-state index in [4.69, 9.17) is 28.9 Å². The van der Waals surface area contributed by atoms with Crippen molar-refractivity contribution in [3.8, 4) is 0 Å².